The quantitative estimate of drug-likeness (QED) is 0.661. The van der Waals surface area contributed by atoms with E-state index in [0.29, 0.717) is 10.8 Å². The van der Waals surface area contributed by atoms with Crippen LogP contribution in [0.3, 0.4) is 0 Å². The van der Waals surface area contributed by atoms with Gasteiger partial charge in [0.1, 0.15) is 11.5 Å². The molecule has 2 rings (SSSR count). The first-order chi connectivity index (χ1) is 9.55. The molecule has 20 heavy (non-hydrogen) atoms. The Morgan fingerprint density at radius 2 is 1.80 bits per heavy atom. The summed E-state index contributed by atoms with van der Waals surface area (Å²) >= 11 is 16.0. The molecule has 0 aliphatic heterocycles. The van der Waals surface area contributed by atoms with E-state index in [0.717, 1.165) is 21.3 Å². The van der Waals surface area contributed by atoms with Crippen LogP contribution in [0.5, 0.6) is 11.5 Å². The Bertz CT molecular complexity index is 597. The lowest BCUT2D eigenvalue weighted by atomic mass is 10.0. The minimum absolute atomic E-state index is 0.356. The van der Waals surface area contributed by atoms with E-state index in [4.69, 9.17) is 32.7 Å². The number of benzene rings is 2. The number of methoxy groups -OCH3 is 2. The summed E-state index contributed by atoms with van der Waals surface area (Å²) < 4.78 is 11.5. The fraction of sp³-hybridized carbons (Fsp3) is 0.200. The number of hydrogen-bond acceptors (Lipinski definition) is 2. The van der Waals surface area contributed by atoms with Gasteiger partial charge in [0.05, 0.1) is 19.6 Å². The molecule has 2 aromatic rings. The molecule has 2 nitrogen and oxygen atoms in total. The van der Waals surface area contributed by atoms with Gasteiger partial charge >= 0.3 is 0 Å². The molecule has 0 fully saturated rings. The van der Waals surface area contributed by atoms with Crippen molar-refractivity contribution in [2.75, 3.05) is 14.2 Å². The molecular formula is C15H13BrCl2O2. The first kappa shape index (κ1) is 15.5. The summed E-state index contributed by atoms with van der Waals surface area (Å²) in [5.41, 5.74) is 1.76. The number of alkyl halides is 1. The van der Waals surface area contributed by atoms with Crippen LogP contribution >= 0.6 is 39.1 Å². The van der Waals surface area contributed by atoms with Crippen LogP contribution in [0.1, 0.15) is 16.5 Å². The molecule has 2 aromatic carbocycles. The second-order valence-corrected chi connectivity index (χ2v) is 5.96. The van der Waals surface area contributed by atoms with E-state index in [1.165, 1.54) is 0 Å². The van der Waals surface area contributed by atoms with E-state index in [1.807, 2.05) is 36.4 Å². The molecule has 0 saturated carbocycles. The molecule has 5 heteroatoms. The van der Waals surface area contributed by atoms with Crippen LogP contribution in [0.15, 0.2) is 40.9 Å². The summed E-state index contributed by atoms with van der Waals surface area (Å²) in [5, 5.41) is 0.276. The van der Waals surface area contributed by atoms with Crippen LogP contribution in [0.4, 0.5) is 0 Å². The summed E-state index contributed by atoms with van der Waals surface area (Å²) in [5.74, 6) is 1.40. The Hall–Kier alpha value is -0.900. The Morgan fingerprint density at radius 3 is 2.40 bits per heavy atom. The smallest absolute Gasteiger partial charge is 0.127 e. The highest BCUT2D eigenvalue weighted by atomic mass is 79.9. The molecule has 0 amide bonds. The van der Waals surface area contributed by atoms with Crippen molar-refractivity contribution in [3.05, 3.63) is 57.0 Å². The molecule has 0 bridgehead atoms. The molecule has 1 unspecified atom stereocenters. The van der Waals surface area contributed by atoms with Crippen LogP contribution in [-0.4, -0.2) is 14.2 Å². The molecule has 0 saturated heterocycles. The highest BCUT2D eigenvalue weighted by Gasteiger charge is 2.17. The topological polar surface area (TPSA) is 18.5 Å². The minimum atomic E-state index is -0.356. The van der Waals surface area contributed by atoms with E-state index in [-0.39, 0.29) is 5.38 Å². The molecule has 0 aliphatic carbocycles. The third-order valence-electron chi connectivity index (χ3n) is 2.89. The Morgan fingerprint density at radius 1 is 1.05 bits per heavy atom. The SMILES string of the molecule is COc1ccc(C(Cl)c2cc(Cl)cc(Br)c2)c(OC)c1. The van der Waals surface area contributed by atoms with E-state index in [9.17, 15) is 0 Å². The van der Waals surface area contributed by atoms with Gasteiger partial charge in [-0.25, -0.2) is 0 Å². The summed E-state index contributed by atoms with van der Waals surface area (Å²) in [6.07, 6.45) is 0. The van der Waals surface area contributed by atoms with Gasteiger partial charge in [0.25, 0.3) is 0 Å². The van der Waals surface area contributed by atoms with Gasteiger partial charge in [-0.05, 0) is 35.9 Å². The standard InChI is InChI=1S/C15H13BrCl2O2/c1-19-12-3-4-13(14(8-12)20-2)15(18)9-5-10(16)7-11(17)6-9/h3-8,15H,1-2H3. The second-order valence-electron chi connectivity index (χ2n) is 4.17. The van der Waals surface area contributed by atoms with Gasteiger partial charge in [-0.15, -0.1) is 11.6 Å². The Labute approximate surface area is 136 Å². The summed E-state index contributed by atoms with van der Waals surface area (Å²) in [6.45, 7) is 0. The number of ether oxygens (including phenoxy) is 2. The monoisotopic (exact) mass is 374 g/mol. The molecule has 0 aliphatic rings. The van der Waals surface area contributed by atoms with Crippen molar-refractivity contribution in [3.63, 3.8) is 0 Å². The maximum Gasteiger partial charge on any atom is 0.127 e. The lowest BCUT2D eigenvalue weighted by Crippen LogP contribution is -1.98. The first-order valence-electron chi connectivity index (χ1n) is 5.87. The summed E-state index contributed by atoms with van der Waals surface area (Å²) in [6, 6.07) is 11.2. The van der Waals surface area contributed by atoms with Crippen LogP contribution in [0, 0.1) is 0 Å². The van der Waals surface area contributed by atoms with Crippen molar-refractivity contribution in [1.82, 2.24) is 0 Å². The Kier molecular flexibility index (Phi) is 5.19. The third kappa shape index (κ3) is 3.40. The van der Waals surface area contributed by atoms with E-state index < -0.39 is 0 Å². The normalized spacial score (nSPS) is 12.1. The van der Waals surface area contributed by atoms with Gasteiger partial charge in [0.2, 0.25) is 0 Å². The fourth-order valence-electron chi connectivity index (χ4n) is 1.93. The van der Waals surface area contributed by atoms with Gasteiger partial charge in [-0.3, -0.25) is 0 Å². The summed E-state index contributed by atoms with van der Waals surface area (Å²) in [7, 11) is 3.22. The minimum Gasteiger partial charge on any atom is -0.497 e. The van der Waals surface area contributed by atoms with Crippen molar-refractivity contribution in [2.24, 2.45) is 0 Å². The Balaban J connectivity index is 2.44. The lowest BCUT2D eigenvalue weighted by molar-refractivity contribution is 0.391. The van der Waals surface area contributed by atoms with E-state index in [2.05, 4.69) is 15.9 Å². The molecule has 1 atom stereocenters. The van der Waals surface area contributed by atoms with Crippen molar-refractivity contribution >= 4 is 39.1 Å². The summed E-state index contributed by atoms with van der Waals surface area (Å²) in [4.78, 5) is 0. The second kappa shape index (κ2) is 6.70. The number of rotatable bonds is 4. The highest BCUT2D eigenvalue weighted by Crippen LogP contribution is 2.38. The lowest BCUT2D eigenvalue weighted by Gasteiger charge is -2.16. The van der Waals surface area contributed by atoms with E-state index in [1.54, 1.807) is 14.2 Å². The molecular weight excluding hydrogens is 363 g/mol. The van der Waals surface area contributed by atoms with Crippen molar-refractivity contribution in [3.8, 4) is 11.5 Å². The highest BCUT2D eigenvalue weighted by molar-refractivity contribution is 9.10. The predicted molar refractivity (Wildman–Crippen MR) is 86.4 cm³/mol. The van der Waals surface area contributed by atoms with Crippen LogP contribution in [0.25, 0.3) is 0 Å². The number of halogens is 3. The molecule has 0 radical (unpaired) electrons. The van der Waals surface area contributed by atoms with Crippen LogP contribution < -0.4 is 9.47 Å². The largest absolute Gasteiger partial charge is 0.497 e. The van der Waals surface area contributed by atoms with Gasteiger partial charge < -0.3 is 9.47 Å². The third-order valence-corrected chi connectivity index (χ3v) is 4.05. The predicted octanol–water partition coefficient (Wildman–Crippen LogP) is 5.45. The maximum absolute atomic E-state index is 6.55. The fourth-order valence-corrected chi connectivity index (χ4v) is 3.12. The molecule has 0 N–H and O–H groups in total. The molecule has 106 valence electrons. The van der Waals surface area contributed by atoms with E-state index >= 15 is 0 Å². The van der Waals surface area contributed by atoms with Crippen molar-refractivity contribution < 1.29 is 9.47 Å². The zero-order valence-electron chi connectivity index (χ0n) is 11.0. The van der Waals surface area contributed by atoms with Crippen molar-refractivity contribution in [2.45, 2.75) is 5.38 Å². The van der Waals surface area contributed by atoms with Gasteiger partial charge in [0, 0.05) is 21.1 Å². The zero-order chi connectivity index (χ0) is 14.7. The molecule has 0 aromatic heterocycles. The molecule has 0 spiro atoms. The van der Waals surface area contributed by atoms with Crippen LogP contribution in [-0.2, 0) is 0 Å². The average molecular weight is 376 g/mol. The molecule has 0 heterocycles. The van der Waals surface area contributed by atoms with Crippen LogP contribution in [0.2, 0.25) is 5.02 Å². The van der Waals surface area contributed by atoms with Crippen molar-refractivity contribution in [1.29, 1.82) is 0 Å². The first-order valence-corrected chi connectivity index (χ1v) is 7.48. The van der Waals surface area contributed by atoms with Gasteiger partial charge in [-0.2, -0.15) is 0 Å². The number of hydrogen-bond donors (Lipinski definition) is 0. The maximum atomic E-state index is 6.55. The zero-order valence-corrected chi connectivity index (χ0v) is 14.1. The van der Waals surface area contributed by atoms with Gasteiger partial charge in [-0.1, -0.05) is 27.5 Å². The van der Waals surface area contributed by atoms with Gasteiger partial charge in [0.15, 0.2) is 0 Å². The average Bonchev–Trinajstić information content (AvgIpc) is 2.44.